The molecule has 1 aliphatic rings. The summed E-state index contributed by atoms with van der Waals surface area (Å²) >= 11 is 0. The van der Waals surface area contributed by atoms with Gasteiger partial charge in [0.1, 0.15) is 6.61 Å². The standard InChI is InChI=1S/C28H39NO6/c1-6-21(26(32)35-19-18-34-17-16-33-15-14-30)8-7-9-25(31)29-22-10-11-23-24(20-22)28(4,5)13-12-27(23,2)3/h6-11,20,30H,1,12-19H2,2-5H3,(H,29,31)/b9-7+,21-8+. The fourth-order valence-corrected chi connectivity index (χ4v) is 3.97. The molecule has 2 N–H and O–H groups in total. The summed E-state index contributed by atoms with van der Waals surface area (Å²) < 4.78 is 15.5. The van der Waals surface area contributed by atoms with Gasteiger partial charge in [0.05, 0.1) is 38.6 Å². The van der Waals surface area contributed by atoms with E-state index < -0.39 is 5.97 Å². The second-order valence-corrected chi connectivity index (χ2v) is 9.79. The van der Waals surface area contributed by atoms with E-state index in [0.717, 1.165) is 18.5 Å². The Hall–Kier alpha value is -2.74. The number of ether oxygens (including phenoxy) is 3. The summed E-state index contributed by atoms with van der Waals surface area (Å²) in [4.78, 5) is 24.6. The quantitative estimate of drug-likeness (QED) is 0.188. The zero-order valence-electron chi connectivity index (χ0n) is 21.4. The van der Waals surface area contributed by atoms with E-state index in [2.05, 4.69) is 51.7 Å². The number of aliphatic hydroxyl groups is 1. The van der Waals surface area contributed by atoms with Gasteiger partial charge in [-0.2, -0.15) is 0 Å². The molecule has 1 aromatic carbocycles. The molecule has 2 rings (SSSR count). The van der Waals surface area contributed by atoms with Crippen molar-refractivity contribution in [3.63, 3.8) is 0 Å². The molecule has 0 fully saturated rings. The highest BCUT2D eigenvalue weighted by Crippen LogP contribution is 2.46. The third-order valence-electron chi connectivity index (χ3n) is 6.17. The van der Waals surface area contributed by atoms with Gasteiger partial charge in [0, 0.05) is 11.8 Å². The Morgan fingerprint density at radius 3 is 2.29 bits per heavy atom. The Labute approximate surface area is 208 Å². The summed E-state index contributed by atoms with van der Waals surface area (Å²) in [5, 5.41) is 11.5. The number of rotatable bonds is 13. The van der Waals surface area contributed by atoms with Crippen LogP contribution in [0.25, 0.3) is 0 Å². The first kappa shape index (κ1) is 28.5. The molecule has 35 heavy (non-hydrogen) atoms. The van der Waals surface area contributed by atoms with Crippen LogP contribution >= 0.6 is 0 Å². The molecule has 7 nitrogen and oxygen atoms in total. The molecule has 0 unspecified atom stereocenters. The van der Waals surface area contributed by atoms with Crippen molar-refractivity contribution in [2.75, 3.05) is 45.0 Å². The maximum atomic E-state index is 12.4. The number of hydrogen-bond acceptors (Lipinski definition) is 6. The van der Waals surface area contributed by atoms with Crippen LogP contribution in [-0.2, 0) is 34.6 Å². The third kappa shape index (κ3) is 8.76. The zero-order chi connectivity index (χ0) is 25.9. The summed E-state index contributed by atoms with van der Waals surface area (Å²) in [7, 11) is 0. The van der Waals surface area contributed by atoms with Gasteiger partial charge < -0.3 is 24.6 Å². The lowest BCUT2D eigenvalue weighted by Gasteiger charge is -2.42. The highest BCUT2D eigenvalue weighted by molar-refractivity contribution is 6.00. The van der Waals surface area contributed by atoms with E-state index in [0.29, 0.717) is 13.2 Å². The number of allylic oxidation sites excluding steroid dienone is 2. The summed E-state index contributed by atoms with van der Waals surface area (Å²) in [6.45, 7) is 13.9. The molecule has 0 bridgehead atoms. The number of esters is 1. The van der Waals surface area contributed by atoms with Crippen LogP contribution in [0, 0.1) is 0 Å². The summed E-state index contributed by atoms with van der Waals surface area (Å²) in [5.74, 6) is -0.840. The smallest absolute Gasteiger partial charge is 0.338 e. The van der Waals surface area contributed by atoms with Crippen molar-refractivity contribution in [3.05, 3.63) is 65.8 Å². The minimum Gasteiger partial charge on any atom is -0.460 e. The van der Waals surface area contributed by atoms with E-state index in [1.54, 1.807) is 0 Å². The Kier molecular flexibility index (Phi) is 10.9. The van der Waals surface area contributed by atoms with Gasteiger partial charge in [-0.05, 0) is 53.0 Å². The van der Waals surface area contributed by atoms with E-state index in [-0.39, 0.29) is 48.7 Å². The zero-order valence-corrected chi connectivity index (χ0v) is 21.4. The largest absolute Gasteiger partial charge is 0.460 e. The molecule has 0 atom stereocenters. The number of nitrogens with one attached hydrogen (secondary N) is 1. The van der Waals surface area contributed by atoms with Crippen LogP contribution in [-0.4, -0.2) is 56.6 Å². The average Bonchev–Trinajstić information content (AvgIpc) is 2.81. The summed E-state index contributed by atoms with van der Waals surface area (Å²) in [5.41, 5.74) is 3.77. The normalized spacial score (nSPS) is 16.5. The van der Waals surface area contributed by atoms with Crippen LogP contribution in [0.4, 0.5) is 5.69 Å². The van der Waals surface area contributed by atoms with Crippen LogP contribution < -0.4 is 5.32 Å². The van der Waals surface area contributed by atoms with Crippen LogP contribution in [0.1, 0.15) is 51.7 Å². The van der Waals surface area contributed by atoms with Crippen LogP contribution in [0.5, 0.6) is 0 Å². The number of aliphatic hydroxyl groups excluding tert-OH is 1. The minimum absolute atomic E-state index is 0.0325. The monoisotopic (exact) mass is 485 g/mol. The highest BCUT2D eigenvalue weighted by Gasteiger charge is 2.36. The molecule has 0 aliphatic heterocycles. The van der Waals surface area contributed by atoms with Gasteiger partial charge in [-0.1, -0.05) is 52.5 Å². The maximum Gasteiger partial charge on any atom is 0.338 e. The van der Waals surface area contributed by atoms with Crippen molar-refractivity contribution in [2.24, 2.45) is 0 Å². The fraction of sp³-hybridized carbons (Fsp3) is 0.500. The third-order valence-corrected chi connectivity index (χ3v) is 6.17. The van der Waals surface area contributed by atoms with Gasteiger partial charge in [0.2, 0.25) is 5.91 Å². The maximum absolute atomic E-state index is 12.4. The lowest BCUT2D eigenvalue weighted by Crippen LogP contribution is -2.33. The van der Waals surface area contributed by atoms with Crippen LogP contribution in [0.15, 0.2) is 54.7 Å². The van der Waals surface area contributed by atoms with Crippen molar-refractivity contribution in [3.8, 4) is 0 Å². The Balaban J connectivity index is 1.87. The molecule has 1 amide bonds. The Bertz CT molecular complexity index is 945. The number of carbonyl (C=O) groups excluding carboxylic acids is 2. The lowest BCUT2D eigenvalue weighted by molar-refractivity contribution is -0.140. The fourth-order valence-electron chi connectivity index (χ4n) is 3.97. The first-order valence-electron chi connectivity index (χ1n) is 12.0. The van der Waals surface area contributed by atoms with Gasteiger partial charge in [-0.3, -0.25) is 4.79 Å². The van der Waals surface area contributed by atoms with E-state index in [9.17, 15) is 9.59 Å². The molecule has 0 radical (unpaired) electrons. The molecular weight excluding hydrogens is 446 g/mol. The number of anilines is 1. The van der Waals surface area contributed by atoms with Crippen LogP contribution in [0.2, 0.25) is 0 Å². The molecule has 0 saturated heterocycles. The molecule has 0 spiro atoms. The van der Waals surface area contributed by atoms with Gasteiger partial charge in [0.25, 0.3) is 0 Å². The molecule has 192 valence electrons. The van der Waals surface area contributed by atoms with Crippen molar-refractivity contribution >= 4 is 17.6 Å². The van der Waals surface area contributed by atoms with Crippen LogP contribution in [0.3, 0.4) is 0 Å². The molecular formula is C28H39NO6. The molecule has 1 aliphatic carbocycles. The first-order chi connectivity index (χ1) is 16.6. The van der Waals surface area contributed by atoms with Gasteiger partial charge in [0.15, 0.2) is 0 Å². The van der Waals surface area contributed by atoms with Gasteiger partial charge in [-0.25, -0.2) is 4.79 Å². The van der Waals surface area contributed by atoms with E-state index in [4.69, 9.17) is 19.3 Å². The SMILES string of the molecule is C=C/C(=C\C=C\C(=O)Nc1ccc2c(c1)C(C)(C)CCC2(C)C)C(=O)OCCOCCOCCO. The first-order valence-corrected chi connectivity index (χ1v) is 12.0. The number of benzene rings is 1. The molecule has 7 heteroatoms. The predicted molar refractivity (Wildman–Crippen MR) is 137 cm³/mol. The van der Waals surface area contributed by atoms with Crippen molar-refractivity contribution in [2.45, 2.75) is 51.4 Å². The second kappa shape index (κ2) is 13.4. The second-order valence-electron chi connectivity index (χ2n) is 9.79. The molecule has 1 aromatic rings. The number of carbonyl (C=O) groups is 2. The van der Waals surface area contributed by atoms with E-state index in [1.807, 2.05) is 6.07 Å². The highest BCUT2D eigenvalue weighted by atomic mass is 16.6. The van der Waals surface area contributed by atoms with Crippen molar-refractivity contribution in [1.29, 1.82) is 0 Å². The Morgan fingerprint density at radius 1 is 1.00 bits per heavy atom. The molecule has 0 saturated carbocycles. The van der Waals surface area contributed by atoms with Gasteiger partial charge >= 0.3 is 5.97 Å². The number of hydrogen-bond donors (Lipinski definition) is 2. The predicted octanol–water partition coefficient (Wildman–Crippen LogP) is 4.21. The molecule has 0 heterocycles. The van der Waals surface area contributed by atoms with E-state index in [1.165, 1.54) is 35.4 Å². The number of amides is 1. The minimum atomic E-state index is -0.551. The topological polar surface area (TPSA) is 94.1 Å². The number of fused-ring (bicyclic) bond motifs is 1. The Morgan fingerprint density at radius 2 is 1.63 bits per heavy atom. The summed E-state index contributed by atoms with van der Waals surface area (Å²) in [6.07, 6.45) is 7.95. The van der Waals surface area contributed by atoms with E-state index >= 15 is 0 Å². The van der Waals surface area contributed by atoms with Crippen molar-refractivity contribution < 1.29 is 28.9 Å². The lowest BCUT2D eigenvalue weighted by atomic mass is 9.63. The van der Waals surface area contributed by atoms with Crippen molar-refractivity contribution in [1.82, 2.24) is 0 Å². The van der Waals surface area contributed by atoms with Gasteiger partial charge in [-0.15, -0.1) is 0 Å². The summed E-state index contributed by atoms with van der Waals surface area (Å²) in [6, 6.07) is 6.13. The molecule has 0 aromatic heterocycles. The average molecular weight is 486 g/mol.